The third kappa shape index (κ3) is 6.58. The monoisotopic (exact) mass is 466 g/mol. The van der Waals surface area contributed by atoms with Crippen molar-refractivity contribution in [3.8, 4) is 5.75 Å². The average Bonchev–Trinajstić information content (AvgIpc) is 3.28. The second kappa shape index (κ2) is 12.0. The Kier molecular flexibility index (Phi) is 9.07. The van der Waals surface area contributed by atoms with Crippen molar-refractivity contribution in [3.05, 3.63) is 65.2 Å². The van der Waals surface area contributed by atoms with Gasteiger partial charge in [0.2, 0.25) is 5.91 Å². The van der Waals surface area contributed by atoms with E-state index in [0.717, 1.165) is 13.1 Å². The van der Waals surface area contributed by atoms with Gasteiger partial charge in [-0.3, -0.25) is 14.5 Å². The molecule has 2 aromatic rings. The summed E-state index contributed by atoms with van der Waals surface area (Å²) in [6.45, 7) is 9.38. The first kappa shape index (κ1) is 25.7. The van der Waals surface area contributed by atoms with Gasteiger partial charge in [-0.1, -0.05) is 49.7 Å². The van der Waals surface area contributed by atoms with Crippen LogP contribution in [-0.2, 0) is 11.3 Å². The predicted octanol–water partition coefficient (Wildman–Crippen LogP) is 2.82. The molecule has 3 rings (SSSR count). The van der Waals surface area contributed by atoms with Crippen molar-refractivity contribution < 1.29 is 14.3 Å². The molecule has 0 bridgehead atoms. The number of hydrogen-bond acceptors (Lipinski definition) is 5. The van der Waals surface area contributed by atoms with Gasteiger partial charge in [-0.05, 0) is 43.0 Å². The SMILES string of the molecule is COc1cccc(C(=O)N2CC(N(Cc3ccc(C)cc3)CC(C)C)CC2C(=O)NCCN)c1. The van der Waals surface area contributed by atoms with Crippen molar-refractivity contribution in [3.63, 3.8) is 0 Å². The molecule has 34 heavy (non-hydrogen) atoms. The minimum atomic E-state index is -0.539. The van der Waals surface area contributed by atoms with Crippen LogP contribution in [0.3, 0.4) is 0 Å². The number of aryl methyl sites for hydroxylation is 1. The fourth-order valence-corrected chi connectivity index (χ4v) is 4.53. The maximum absolute atomic E-state index is 13.5. The number of likely N-dealkylation sites (tertiary alicyclic amines) is 1. The van der Waals surface area contributed by atoms with Crippen LogP contribution in [-0.4, -0.2) is 67.0 Å². The summed E-state index contributed by atoms with van der Waals surface area (Å²) in [5.74, 6) is 0.766. The van der Waals surface area contributed by atoms with E-state index in [9.17, 15) is 9.59 Å². The van der Waals surface area contributed by atoms with Crippen molar-refractivity contribution >= 4 is 11.8 Å². The number of hydrogen-bond donors (Lipinski definition) is 2. The molecular formula is C27H38N4O3. The van der Waals surface area contributed by atoms with Crippen LogP contribution in [0.25, 0.3) is 0 Å². The molecule has 1 aliphatic heterocycles. The molecule has 2 amide bonds. The van der Waals surface area contributed by atoms with Crippen molar-refractivity contribution in [2.75, 3.05) is 33.3 Å². The number of carbonyl (C=O) groups is 2. The Morgan fingerprint density at radius 2 is 1.94 bits per heavy atom. The lowest BCUT2D eigenvalue weighted by Crippen LogP contribution is -2.47. The van der Waals surface area contributed by atoms with Crippen LogP contribution >= 0.6 is 0 Å². The third-order valence-corrected chi connectivity index (χ3v) is 6.23. The summed E-state index contributed by atoms with van der Waals surface area (Å²) in [7, 11) is 1.58. The summed E-state index contributed by atoms with van der Waals surface area (Å²) in [6, 6.07) is 15.2. The minimum Gasteiger partial charge on any atom is -0.497 e. The number of amides is 2. The number of benzene rings is 2. The van der Waals surface area contributed by atoms with E-state index in [1.165, 1.54) is 11.1 Å². The largest absolute Gasteiger partial charge is 0.497 e. The lowest BCUT2D eigenvalue weighted by molar-refractivity contribution is -0.124. The summed E-state index contributed by atoms with van der Waals surface area (Å²) < 4.78 is 5.30. The molecule has 0 aromatic heterocycles. The highest BCUT2D eigenvalue weighted by molar-refractivity contribution is 5.98. The lowest BCUT2D eigenvalue weighted by atomic mass is 10.1. The first-order valence-corrected chi connectivity index (χ1v) is 12.0. The van der Waals surface area contributed by atoms with Gasteiger partial charge < -0.3 is 20.7 Å². The normalized spacial score (nSPS) is 17.9. The Hall–Kier alpha value is -2.90. The second-order valence-electron chi connectivity index (χ2n) is 9.48. The van der Waals surface area contributed by atoms with Gasteiger partial charge >= 0.3 is 0 Å². The van der Waals surface area contributed by atoms with E-state index in [1.807, 2.05) is 0 Å². The first-order valence-electron chi connectivity index (χ1n) is 12.0. The summed E-state index contributed by atoms with van der Waals surface area (Å²) >= 11 is 0. The predicted molar refractivity (Wildman–Crippen MR) is 135 cm³/mol. The molecule has 7 heteroatoms. The van der Waals surface area contributed by atoms with E-state index in [4.69, 9.17) is 10.5 Å². The second-order valence-corrected chi connectivity index (χ2v) is 9.48. The highest BCUT2D eigenvalue weighted by Crippen LogP contribution is 2.27. The fourth-order valence-electron chi connectivity index (χ4n) is 4.53. The van der Waals surface area contributed by atoms with Crippen LogP contribution in [0.5, 0.6) is 5.75 Å². The zero-order valence-electron chi connectivity index (χ0n) is 20.8. The minimum absolute atomic E-state index is 0.0758. The molecule has 7 nitrogen and oxygen atoms in total. The smallest absolute Gasteiger partial charge is 0.254 e. The topological polar surface area (TPSA) is 87.9 Å². The number of nitrogens with two attached hydrogens (primary N) is 1. The maximum Gasteiger partial charge on any atom is 0.254 e. The van der Waals surface area contributed by atoms with Gasteiger partial charge in [0, 0.05) is 44.3 Å². The maximum atomic E-state index is 13.5. The fraction of sp³-hybridized carbons (Fsp3) is 0.481. The molecule has 1 heterocycles. The van der Waals surface area contributed by atoms with Crippen LogP contribution < -0.4 is 15.8 Å². The van der Waals surface area contributed by atoms with Crippen molar-refractivity contribution in [1.82, 2.24) is 15.1 Å². The van der Waals surface area contributed by atoms with Gasteiger partial charge in [-0.15, -0.1) is 0 Å². The molecule has 0 radical (unpaired) electrons. The number of rotatable bonds is 10. The molecule has 0 saturated carbocycles. The molecule has 184 valence electrons. The summed E-state index contributed by atoms with van der Waals surface area (Å²) in [5.41, 5.74) is 8.58. The molecule has 3 N–H and O–H groups in total. The summed E-state index contributed by atoms with van der Waals surface area (Å²) in [5, 5.41) is 2.89. The molecule has 1 fully saturated rings. The Morgan fingerprint density at radius 1 is 1.21 bits per heavy atom. The summed E-state index contributed by atoms with van der Waals surface area (Å²) in [4.78, 5) is 30.7. The van der Waals surface area contributed by atoms with E-state index in [-0.39, 0.29) is 17.9 Å². The number of nitrogens with one attached hydrogen (secondary N) is 1. The zero-order chi connectivity index (χ0) is 24.7. The van der Waals surface area contributed by atoms with Gasteiger partial charge in [0.05, 0.1) is 7.11 Å². The molecule has 1 aliphatic rings. The van der Waals surface area contributed by atoms with Crippen molar-refractivity contribution in [2.45, 2.75) is 45.8 Å². The van der Waals surface area contributed by atoms with Crippen molar-refractivity contribution in [1.29, 1.82) is 0 Å². The van der Waals surface area contributed by atoms with Crippen molar-refractivity contribution in [2.24, 2.45) is 11.7 Å². The van der Waals surface area contributed by atoms with Crippen LogP contribution in [0, 0.1) is 12.8 Å². The van der Waals surface area contributed by atoms with E-state index in [2.05, 4.69) is 55.3 Å². The molecule has 0 spiro atoms. The quantitative estimate of drug-likeness (QED) is 0.562. The molecule has 1 saturated heterocycles. The number of nitrogens with zero attached hydrogens (tertiary/aromatic N) is 2. The molecule has 2 atom stereocenters. The van der Waals surface area contributed by atoms with E-state index in [1.54, 1.807) is 36.3 Å². The highest BCUT2D eigenvalue weighted by atomic mass is 16.5. The van der Waals surface area contributed by atoms with Gasteiger partial charge in [0.15, 0.2) is 0 Å². The Labute approximate surface area is 203 Å². The van der Waals surface area contributed by atoms with Crippen LogP contribution in [0.15, 0.2) is 48.5 Å². The van der Waals surface area contributed by atoms with E-state index >= 15 is 0 Å². The zero-order valence-corrected chi connectivity index (χ0v) is 20.8. The number of methoxy groups -OCH3 is 1. The Balaban J connectivity index is 1.86. The molecule has 2 unspecified atom stereocenters. The van der Waals surface area contributed by atoms with Gasteiger partial charge in [0.25, 0.3) is 5.91 Å². The summed E-state index contributed by atoms with van der Waals surface area (Å²) in [6.07, 6.45) is 0.588. The van der Waals surface area contributed by atoms with Gasteiger partial charge in [0.1, 0.15) is 11.8 Å². The molecular weight excluding hydrogens is 428 g/mol. The lowest BCUT2D eigenvalue weighted by Gasteiger charge is -2.30. The molecule has 0 aliphatic carbocycles. The highest BCUT2D eigenvalue weighted by Gasteiger charge is 2.42. The van der Waals surface area contributed by atoms with Crippen LogP contribution in [0.1, 0.15) is 41.8 Å². The average molecular weight is 467 g/mol. The third-order valence-electron chi connectivity index (χ3n) is 6.23. The number of carbonyl (C=O) groups excluding carboxylic acids is 2. The van der Waals surface area contributed by atoms with E-state index in [0.29, 0.717) is 43.3 Å². The van der Waals surface area contributed by atoms with Gasteiger partial charge in [-0.2, -0.15) is 0 Å². The Bertz CT molecular complexity index is 961. The number of ether oxygens (including phenoxy) is 1. The Morgan fingerprint density at radius 3 is 2.59 bits per heavy atom. The first-order chi connectivity index (χ1) is 16.3. The molecule has 2 aromatic carbocycles. The standard InChI is InChI=1S/C27H38N4O3/c1-19(2)16-30(17-21-10-8-20(3)9-11-21)23-15-25(26(32)29-13-12-28)31(18-23)27(33)22-6-5-7-24(14-22)34-4/h5-11,14,19,23,25H,12-13,15-18,28H2,1-4H3,(H,29,32). The van der Waals surface area contributed by atoms with E-state index < -0.39 is 6.04 Å². The van der Waals surface area contributed by atoms with Crippen LogP contribution in [0.4, 0.5) is 0 Å². The van der Waals surface area contributed by atoms with Crippen LogP contribution in [0.2, 0.25) is 0 Å². The van der Waals surface area contributed by atoms with Gasteiger partial charge in [-0.25, -0.2) is 0 Å².